The molecule has 0 radical (unpaired) electrons. The lowest BCUT2D eigenvalue weighted by atomic mass is 9.92. The predicted molar refractivity (Wildman–Crippen MR) is 90.3 cm³/mol. The maximum absolute atomic E-state index is 12.9. The summed E-state index contributed by atoms with van der Waals surface area (Å²) in [6.45, 7) is 0. The summed E-state index contributed by atoms with van der Waals surface area (Å²) in [5.41, 5.74) is 5.37. The molecule has 1 unspecified atom stereocenters. The molecule has 1 atom stereocenters. The van der Waals surface area contributed by atoms with Gasteiger partial charge in [-0.25, -0.2) is 9.97 Å². The number of carbonyl (C=O) groups excluding carboxylic acids is 2. The van der Waals surface area contributed by atoms with E-state index in [1.807, 2.05) is 0 Å². The van der Waals surface area contributed by atoms with E-state index in [1.165, 1.54) is 6.20 Å². The quantitative estimate of drug-likeness (QED) is 0.830. The van der Waals surface area contributed by atoms with Crippen molar-refractivity contribution in [2.75, 3.05) is 0 Å². The summed E-state index contributed by atoms with van der Waals surface area (Å²) in [4.78, 5) is 31.5. The largest absolute Gasteiger partial charge is 0.416 e. The summed E-state index contributed by atoms with van der Waals surface area (Å²) in [6, 6.07) is 2.29. The van der Waals surface area contributed by atoms with Crippen molar-refractivity contribution in [2.24, 2.45) is 5.73 Å². The maximum Gasteiger partial charge on any atom is 0.416 e. The van der Waals surface area contributed by atoms with E-state index in [-0.39, 0.29) is 22.5 Å². The number of hydrogen-bond donors (Lipinski definition) is 2. The van der Waals surface area contributed by atoms with Gasteiger partial charge in [-0.3, -0.25) is 9.59 Å². The Morgan fingerprint density at radius 2 is 2.04 bits per heavy atom. The van der Waals surface area contributed by atoms with Crippen LogP contribution < -0.4 is 11.1 Å². The van der Waals surface area contributed by atoms with E-state index in [0.717, 1.165) is 23.8 Å². The molecular weight excluding hydrogens is 385 g/mol. The smallest absolute Gasteiger partial charge is 0.363 e. The van der Waals surface area contributed by atoms with Crippen molar-refractivity contribution < 1.29 is 22.8 Å². The Labute approximate surface area is 156 Å². The minimum Gasteiger partial charge on any atom is -0.363 e. The van der Waals surface area contributed by atoms with Crippen LogP contribution in [-0.2, 0) is 19.0 Å². The number of aromatic nitrogens is 2. The number of fused-ring (bicyclic) bond motifs is 1. The van der Waals surface area contributed by atoms with Crippen molar-refractivity contribution in [3.05, 3.63) is 57.6 Å². The van der Waals surface area contributed by atoms with Gasteiger partial charge in [-0.05, 0) is 43.0 Å². The molecule has 1 aromatic heterocycles. The molecule has 0 saturated carbocycles. The molecule has 0 fully saturated rings. The van der Waals surface area contributed by atoms with Crippen LogP contribution in [0.3, 0.4) is 0 Å². The normalized spacial score (nSPS) is 16.5. The van der Waals surface area contributed by atoms with Crippen molar-refractivity contribution in [2.45, 2.75) is 31.5 Å². The zero-order valence-electron chi connectivity index (χ0n) is 13.8. The van der Waals surface area contributed by atoms with Crippen molar-refractivity contribution >= 4 is 23.4 Å². The number of alkyl halides is 3. The fourth-order valence-corrected chi connectivity index (χ4v) is 3.09. The molecular formula is C17H14ClF3N4O2. The average Bonchev–Trinajstić information content (AvgIpc) is 2.60. The summed E-state index contributed by atoms with van der Waals surface area (Å²) >= 11 is 5.90. The van der Waals surface area contributed by atoms with E-state index in [2.05, 4.69) is 15.3 Å². The summed E-state index contributed by atoms with van der Waals surface area (Å²) < 4.78 is 38.6. The lowest BCUT2D eigenvalue weighted by molar-refractivity contribution is -0.137. The van der Waals surface area contributed by atoms with Crippen LogP contribution in [0.1, 0.15) is 44.2 Å². The highest BCUT2D eigenvalue weighted by Crippen LogP contribution is 2.32. The van der Waals surface area contributed by atoms with E-state index in [0.29, 0.717) is 25.0 Å². The molecule has 27 heavy (non-hydrogen) atoms. The van der Waals surface area contributed by atoms with Crippen LogP contribution in [0, 0.1) is 0 Å². The van der Waals surface area contributed by atoms with Crippen LogP contribution in [0.2, 0.25) is 5.02 Å². The lowest BCUT2D eigenvalue weighted by Gasteiger charge is -2.25. The van der Waals surface area contributed by atoms with Gasteiger partial charge < -0.3 is 11.1 Å². The Bertz CT molecular complexity index is 918. The van der Waals surface area contributed by atoms with Crippen LogP contribution in [0.5, 0.6) is 0 Å². The number of amides is 2. The van der Waals surface area contributed by atoms with Gasteiger partial charge >= 0.3 is 6.18 Å². The van der Waals surface area contributed by atoms with Gasteiger partial charge in [0.25, 0.3) is 11.8 Å². The molecule has 0 spiro atoms. The Morgan fingerprint density at radius 1 is 1.30 bits per heavy atom. The molecule has 0 saturated heterocycles. The number of nitrogens with one attached hydrogen (secondary N) is 1. The number of nitrogens with zero attached hydrogens (tertiary/aromatic N) is 2. The molecule has 0 bridgehead atoms. The maximum atomic E-state index is 12.9. The topological polar surface area (TPSA) is 98.0 Å². The highest BCUT2D eigenvalue weighted by Gasteiger charge is 2.32. The van der Waals surface area contributed by atoms with Crippen molar-refractivity contribution in [1.29, 1.82) is 0 Å². The number of aryl methyl sites for hydroxylation is 1. The summed E-state index contributed by atoms with van der Waals surface area (Å²) in [7, 11) is 0. The molecule has 1 heterocycles. The first kappa shape index (κ1) is 19.1. The van der Waals surface area contributed by atoms with Crippen molar-refractivity contribution in [3.63, 3.8) is 0 Å². The highest BCUT2D eigenvalue weighted by atomic mass is 35.5. The van der Waals surface area contributed by atoms with E-state index in [1.54, 1.807) is 0 Å². The third kappa shape index (κ3) is 4.19. The average molecular weight is 399 g/mol. The Kier molecular flexibility index (Phi) is 5.05. The first-order valence-corrected chi connectivity index (χ1v) is 8.35. The zero-order chi connectivity index (χ0) is 19.8. The van der Waals surface area contributed by atoms with E-state index in [9.17, 15) is 22.8 Å². The number of hydrogen-bond acceptors (Lipinski definition) is 4. The Morgan fingerprint density at radius 3 is 2.70 bits per heavy atom. The van der Waals surface area contributed by atoms with E-state index in [4.69, 9.17) is 17.3 Å². The van der Waals surface area contributed by atoms with E-state index >= 15 is 0 Å². The third-order valence-electron chi connectivity index (χ3n) is 4.24. The molecule has 142 valence electrons. The molecule has 1 aliphatic rings. The number of rotatable bonds is 3. The van der Waals surface area contributed by atoms with Gasteiger partial charge in [0.1, 0.15) is 0 Å². The molecule has 6 nitrogen and oxygen atoms in total. The minimum atomic E-state index is -4.57. The number of halogens is 4. The van der Waals surface area contributed by atoms with Gasteiger partial charge in [0, 0.05) is 17.9 Å². The van der Waals surface area contributed by atoms with Gasteiger partial charge in [-0.2, -0.15) is 13.2 Å². The monoisotopic (exact) mass is 398 g/mol. The van der Waals surface area contributed by atoms with Crippen LogP contribution in [0.25, 0.3) is 0 Å². The molecule has 3 N–H and O–H groups in total. The third-order valence-corrected chi connectivity index (χ3v) is 4.57. The van der Waals surface area contributed by atoms with Crippen molar-refractivity contribution in [1.82, 2.24) is 15.3 Å². The van der Waals surface area contributed by atoms with Gasteiger partial charge in [0.2, 0.25) is 5.82 Å². The van der Waals surface area contributed by atoms with Crippen LogP contribution in [-0.4, -0.2) is 27.8 Å². The fraction of sp³-hybridized carbons (Fsp3) is 0.294. The molecule has 1 aliphatic carbocycles. The Balaban J connectivity index is 1.75. The van der Waals surface area contributed by atoms with Crippen LogP contribution >= 0.6 is 11.6 Å². The summed E-state index contributed by atoms with van der Waals surface area (Å²) in [5.74, 6) is -1.49. The first-order valence-electron chi connectivity index (χ1n) is 7.97. The lowest BCUT2D eigenvalue weighted by Crippen LogP contribution is -2.39. The van der Waals surface area contributed by atoms with Crippen LogP contribution in [0.4, 0.5) is 13.2 Å². The standard InChI is InChI=1S/C17H14ClF3N4O2/c18-12-3-1-9(17(19,20)21)6-11(12)16(27)24-10-2-4-13-8(5-10)7-23-15(25-13)14(22)26/h1,3,6-7,10H,2,4-5H2,(H2,22,26)(H,24,27). The first-order chi connectivity index (χ1) is 12.6. The van der Waals surface area contributed by atoms with Gasteiger partial charge in [-0.1, -0.05) is 11.6 Å². The van der Waals surface area contributed by atoms with Crippen LogP contribution in [0.15, 0.2) is 24.4 Å². The fourth-order valence-electron chi connectivity index (χ4n) is 2.89. The summed E-state index contributed by atoms with van der Waals surface area (Å²) in [5, 5.41) is 2.63. The number of nitrogens with two attached hydrogens (primary N) is 1. The van der Waals surface area contributed by atoms with E-state index < -0.39 is 23.6 Å². The van der Waals surface area contributed by atoms with Gasteiger partial charge in [0.15, 0.2) is 0 Å². The predicted octanol–water partition coefficient (Wildman–Crippen LogP) is 2.54. The molecule has 3 rings (SSSR count). The Hall–Kier alpha value is -2.68. The van der Waals surface area contributed by atoms with Gasteiger partial charge in [-0.15, -0.1) is 0 Å². The molecule has 10 heteroatoms. The SMILES string of the molecule is NC(=O)c1ncc2c(n1)CCC(NC(=O)c1cc(C(F)(F)F)ccc1Cl)C2. The number of carbonyl (C=O) groups is 2. The van der Waals surface area contributed by atoms with Gasteiger partial charge in [0.05, 0.1) is 16.1 Å². The summed E-state index contributed by atoms with van der Waals surface area (Å²) in [6.07, 6.45) is -1.74. The van der Waals surface area contributed by atoms with Crippen molar-refractivity contribution in [3.8, 4) is 0 Å². The number of primary amides is 1. The number of benzene rings is 1. The zero-order valence-corrected chi connectivity index (χ0v) is 14.6. The second kappa shape index (κ2) is 7.15. The minimum absolute atomic E-state index is 0.0638. The molecule has 1 aromatic carbocycles. The molecule has 2 aromatic rings. The molecule has 0 aliphatic heterocycles. The second-order valence-electron chi connectivity index (χ2n) is 6.14. The second-order valence-corrected chi connectivity index (χ2v) is 6.54. The molecule has 2 amide bonds. The highest BCUT2D eigenvalue weighted by molar-refractivity contribution is 6.33.